The monoisotopic (exact) mass is 444 g/mol. The van der Waals surface area contributed by atoms with E-state index in [4.69, 9.17) is 27.8 Å². The molecule has 0 aromatic heterocycles. The van der Waals surface area contributed by atoms with Gasteiger partial charge < -0.3 is 26.4 Å². The molecule has 1 atom stereocenters. The van der Waals surface area contributed by atoms with E-state index in [1.807, 2.05) is 6.07 Å². The Morgan fingerprint density at radius 2 is 2.23 bits per heavy atom. The molecule has 1 unspecified atom stereocenters. The van der Waals surface area contributed by atoms with Crippen LogP contribution in [0, 0.1) is 0 Å². The summed E-state index contributed by atoms with van der Waals surface area (Å²) in [7, 11) is 1.68. The molecule has 5 N–H and O–H groups in total. The third kappa shape index (κ3) is 5.65. The molecule has 1 amide bonds. The van der Waals surface area contributed by atoms with Crippen LogP contribution < -0.4 is 16.8 Å². The van der Waals surface area contributed by atoms with E-state index in [0.717, 1.165) is 35.4 Å². The number of hydrogen-bond acceptors (Lipinski definition) is 6. The molecular formula is C22H29ClN6O2. The van der Waals surface area contributed by atoms with Crippen molar-refractivity contribution >= 4 is 40.8 Å². The highest BCUT2D eigenvalue weighted by molar-refractivity contribution is 6.33. The lowest BCUT2D eigenvalue weighted by atomic mass is 10.0. The van der Waals surface area contributed by atoms with Gasteiger partial charge in [0.05, 0.1) is 29.9 Å². The maximum atomic E-state index is 11.9. The Kier molecular flexibility index (Phi) is 7.70. The summed E-state index contributed by atoms with van der Waals surface area (Å²) >= 11 is 6.48. The average Bonchev–Trinajstić information content (AvgIpc) is 3.26. The molecular weight excluding hydrogens is 416 g/mol. The summed E-state index contributed by atoms with van der Waals surface area (Å²) in [4.78, 5) is 22.3. The molecule has 1 saturated heterocycles. The van der Waals surface area contributed by atoms with Crippen molar-refractivity contribution in [2.24, 2.45) is 21.5 Å². The number of amides is 1. The number of amidine groups is 1. The molecule has 0 bridgehead atoms. The highest BCUT2D eigenvalue weighted by Crippen LogP contribution is 2.29. The van der Waals surface area contributed by atoms with Crippen molar-refractivity contribution in [1.29, 1.82) is 0 Å². The van der Waals surface area contributed by atoms with Crippen molar-refractivity contribution in [2.45, 2.75) is 25.8 Å². The third-order valence-corrected chi connectivity index (χ3v) is 5.68. The van der Waals surface area contributed by atoms with E-state index in [-0.39, 0.29) is 11.9 Å². The number of benzene rings is 1. The standard InChI is InChI=1S/C22H29ClN6O2/c1-14(30)29-7-5-20(27-17-6-8-31-13-17)18(12-29)22(25)28-21-4-3-15(9-19(21)23)16(10-24)11-26-2/h3-4,9-11,17,27H,5-8,12-13,24H2,1-2H3,(H2,25,28). The fourth-order valence-electron chi connectivity index (χ4n) is 3.65. The van der Waals surface area contributed by atoms with Gasteiger partial charge >= 0.3 is 0 Å². The number of nitrogens with one attached hydrogen (secondary N) is 1. The molecule has 0 spiro atoms. The average molecular weight is 445 g/mol. The molecule has 1 aromatic carbocycles. The van der Waals surface area contributed by atoms with Crippen LogP contribution in [-0.2, 0) is 9.53 Å². The second-order valence-corrected chi connectivity index (χ2v) is 7.93. The Balaban J connectivity index is 1.91. The van der Waals surface area contributed by atoms with Crippen molar-refractivity contribution < 1.29 is 9.53 Å². The van der Waals surface area contributed by atoms with E-state index in [0.29, 0.717) is 42.7 Å². The molecule has 31 heavy (non-hydrogen) atoms. The summed E-state index contributed by atoms with van der Waals surface area (Å²) < 4.78 is 5.47. The summed E-state index contributed by atoms with van der Waals surface area (Å²) in [5.41, 5.74) is 16.1. The minimum atomic E-state index is 0.00891. The molecule has 2 aliphatic rings. The zero-order chi connectivity index (χ0) is 22.4. The van der Waals surface area contributed by atoms with Crippen molar-refractivity contribution in [3.05, 3.63) is 46.3 Å². The third-order valence-electron chi connectivity index (χ3n) is 5.38. The van der Waals surface area contributed by atoms with Gasteiger partial charge in [0.1, 0.15) is 5.84 Å². The SMILES string of the molecule is CN=CC(=CN)c1ccc(N=C(N)C2=C(NC3CCOC3)CCN(C(C)=O)C2)c(Cl)c1. The lowest BCUT2D eigenvalue weighted by Crippen LogP contribution is -2.43. The number of halogens is 1. The predicted molar refractivity (Wildman–Crippen MR) is 126 cm³/mol. The lowest BCUT2D eigenvalue weighted by Gasteiger charge is -2.31. The first-order valence-electron chi connectivity index (χ1n) is 10.2. The summed E-state index contributed by atoms with van der Waals surface area (Å²) in [6.45, 7) is 4.02. The number of nitrogens with two attached hydrogens (primary N) is 2. The van der Waals surface area contributed by atoms with Crippen LogP contribution in [-0.4, -0.2) is 62.3 Å². The van der Waals surface area contributed by atoms with Crippen LogP contribution in [0.25, 0.3) is 5.57 Å². The van der Waals surface area contributed by atoms with Gasteiger partial charge in [-0.2, -0.15) is 0 Å². The van der Waals surface area contributed by atoms with Crippen LogP contribution in [0.5, 0.6) is 0 Å². The highest BCUT2D eigenvalue weighted by atomic mass is 35.5. The first-order chi connectivity index (χ1) is 14.9. The maximum Gasteiger partial charge on any atom is 0.219 e. The summed E-state index contributed by atoms with van der Waals surface area (Å²) in [5.74, 6) is 0.348. The Bertz CT molecular complexity index is 947. The van der Waals surface area contributed by atoms with Crippen LogP contribution in [0.3, 0.4) is 0 Å². The number of nitrogens with zero attached hydrogens (tertiary/aromatic N) is 3. The first kappa shape index (κ1) is 22.8. The molecule has 1 fully saturated rings. The first-order valence-corrected chi connectivity index (χ1v) is 10.6. The normalized spacial score (nSPS) is 20.6. The topological polar surface area (TPSA) is 118 Å². The van der Waals surface area contributed by atoms with Gasteiger partial charge in [-0.1, -0.05) is 17.7 Å². The Morgan fingerprint density at radius 1 is 1.42 bits per heavy atom. The fraction of sp³-hybridized carbons (Fsp3) is 0.409. The molecule has 1 aromatic rings. The molecule has 3 rings (SSSR count). The second kappa shape index (κ2) is 10.5. The molecule has 2 aliphatic heterocycles. The minimum Gasteiger partial charge on any atom is -0.404 e. The number of allylic oxidation sites excluding steroid dienone is 1. The number of carbonyl (C=O) groups is 1. The number of ether oxygens (including phenoxy) is 1. The highest BCUT2D eigenvalue weighted by Gasteiger charge is 2.26. The molecule has 166 valence electrons. The van der Waals surface area contributed by atoms with Gasteiger partial charge in [-0.15, -0.1) is 0 Å². The van der Waals surface area contributed by atoms with Crippen LogP contribution in [0.1, 0.15) is 25.3 Å². The van der Waals surface area contributed by atoms with E-state index < -0.39 is 0 Å². The minimum absolute atomic E-state index is 0.00891. The molecule has 9 heteroatoms. The van der Waals surface area contributed by atoms with Crippen molar-refractivity contribution in [3.8, 4) is 0 Å². The molecule has 0 saturated carbocycles. The van der Waals surface area contributed by atoms with Crippen LogP contribution in [0.2, 0.25) is 5.02 Å². The smallest absolute Gasteiger partial charge is 0.219 e. The van der Waals surface area contributed by atoms with Crippen LogP contribution >= 0.6 is 11.6 Å². The lowest BCUT2D eigenvalue weighted by molar-refractivity contribution is -0.128. The molecule has 0 aliphatic carbocycles. The molecule has 2 heterocycles. The predicted octanol–water partition coefficient (Wildman–Crippen LogP) is 2.21. The van der Waals surface area contributed by atoms with Gasteiger partial charge in [0, 0.05) is 62.8 Å². The summed E-state index contributed by atoms with van der Waals surface area (Å²) in [5, 5.41) is 3.99. The number of rotatable bonds is 6. The quantitative estimate of drug-likeness (QED) is 0.459. The summed E-state index contributed by atoms with van der Waals surface area (Å²) in [6.07, 6.45) is 4.77. The number of hydrogen-bond donors (Lipinski definition) is 3. The van der Waals surface area contributed by atoms with E-state index in [1.54, 1.807) is 37.2 Å². The van der Waals surface area contributed by atoms with Gasteiger partial charge in [0.25, 0.3) is 0 Å². The van der Waals surface area contributed by atoms with Gasteiger partial charge in [-0.3, -0.25) is 9.79 Å². The van der Waals surface area contributed by atoms with Gasteiger partial charge in [0.2, 0.25) is 5.91 Å². The van der Waals surface area contributed by atoms with Crippen molar-refractivity contribution in [3.63, 3.8) is 0 Å². The maximum absolute atomic E-state index is 11.9. The largest absolute Gasteiger partial charge is 0.404 e. The van der Waals surface area contributed by atoms with E-state index in [1.165, 1.54) is 6.20 Å². The number of aliphatic imine (C=N–C) groups is 2. The Morgan fingerprint density at radius 3 is 2.84 bits per heavy atom. The van der Waals surface area contributed by atoms with Crippen LogP contribution in [0.15, 0.2) is 45.7 Å². The van der Waals surface area contributed by atoms with E-state index in [2.05, 4.69) is 15.3 Å². The van der Waals surface area contributed by atoms with E-state index in [9.17, 15) is 4.79 Å². The fourth-order valence-corrected chi connectivity index (χ4v) is 3.87. The van der Waals surface area contributed by atoms with Gasteiger partial charge in [0.15, 0.2) is 0 Å². The molecule has 0 radical (unpaired) electrons. The summed E-state index contributed by atoms with van der Waals surface area (Å²) in [6, 6.07) is 5.68. The molecule has 8 nitrogen and oxygen atoms in total. The number of carbonyl (C=O) groups excluding carboxylic acids is 1. The van der Waals surface area contributed by atoms with E-state index >= 15 is 0 Å². The second-order valence-electron chi connectivity index (χ2n) is 7.53. The van der Waals surface area contributed by atoms with Gasteiger partial charge in [-0.25, -0.2) is 4.99 Å². The Labute approximate surface area is 187 Å². The zero-order valence-electron chi connectivity index (χ0n) is 17.9. The Hall–Kier alpha value is -2.84. The van der Waals surface area contributed by atoms with Crippen molar-refractivity contribution in [1.82, 2.24) is 10.2 Å². The van der Waals surface area contributed by atoms with Gasteiger partial charge in [-0.05, 0) is 24.1 Å². The van der Waals surface area contributed by atoms with Crippen molar-refractivity contribution in [2.75, 3.05) is 33.4 Å². The van der Waals surface area contributed by atoms with Crippen LogP contribution in [0.4, 0.5) is 5.69 Å². The zero-order valence-corrected chi connectivity index (χ0v) is 18.7.